The van der Waals surface area contributed by atoms with Gasteiger partial charge in [-0.3, -0.25) is 4.98 Å². The predicted octanol–water partition coefficient (Wildman–Crippen LogP) is 2.75. The maximum absolute atomic E-state index is 13.2. The summed E-state index contributed by atoms with van der Waals surface area (Å²) in [5.74, 6) is -0.0749. The number of fused-ring (bicyclic) bond motifs is 3. The van der Waals surface area contributed by atoms with Crippen LogP contribution in [-0.4, -0.2) is 24.2 Å². The zero-order valence-electron chi connectivity index (χ0n) is 13.4. The van der Waals surface area contributed by atoms with Gasteiger partial charge in [0.25, 0.3) is 0 Å². The molecule has 23 heavy (non-hydrogen) atoms. The van der Waals surface area contributed by atoms with Crippen LogP contribution in [0.5, 0.6) is 0 Å². The van der Waals surface area contributed by atoms with Crippen LogP contribution in [0.2, 0.25) is 0 Å². The Bertz CT molecular complexity index is 875. The number of nitrogens with one attached hydrogen (secondary N) is 1. The molecule has 0 saturated carbocycles. The maximum atomic E-state index is 13.2. The van der Waals surface area contributed by atoms with Gasteiger partial charge in [-0.2, -0.15) is 0 Å². The molecule has 5 heteroatoms. The molecule has 3 atom stereocenters. The second-order valence-corrected chi connectivity index (χ2v) is 9.07. The minimum absolute atomic E-state index is 0.00553. The Morgan fingerprint density at radius 1 is 1.13 bits per heavy atom. The fraction of sp³-hybridized carbons (Fsp3) is 0.389. The molecular formula is C18H20N2O2S. The molecule has 1 saturated heterocycles. The number of aryl methyl sites for hydroxylation is 1. The average molecular weight is 328 g/mol. The summed E-state index contributed by atoms with van der Waals surface area (Å²) in [5, 5.41) is 3.10. The van der Waals surface area contributed by atoms with Crippen molar-refractivity contribution in [1.29, 1.82) is 0 Å². The van der Waals surface area contributed by atoms with E-state index in [0.29, 0.717) is 10.6 Å². The van der Waals surface area contributed by atoms with Crippen LogP contribution >= 0.6 is 0 Å². The smallest absolute Gasteiger partial charge is 0.185 e. The molecule has 0 amide bonds. The highest BCUT2D eigenvalue weighted by Crippen LogP contribution is 2.55. The van der Waals surface area contributed by atoms with Gasteiger partial charge in [-0.15, -0.1) is 0 Å². The zero-order valence-corrected chi connectivity index (χ0v) is 14.3. The molecule has 3 heterocycles. The van der Waals surface area contributed by atoms with Gasteiger partial charge in [0, 0.05) is 23.7 Å². The number of aromatic nitrogens is 1. The van der Waals surface area contributed by atoms with Gasteiger partial charge in [0.05, 0.1) is 15.8 Å². The van der Waals surface area contributed by atoms with Crippen LogP contribution in [-0.2, 0) is 9.84 Å². The lowest BCUT2D eigenvalue weighted by molar-refractivity contribution is 0.428. The van der Waals surface area contributed by atoms with Crippen LogP contribution in [0.15, 0.2) is 47.5 Å². The largest absolute Gasteiger partial charge is 0.303 e. The van der Waals surface area contributed by atoms with E-state index < -0.39 is 20.6 Å². The molecule has 120 valence electrons. The van der Waals surface area contributed by atoms with E-state index in [0.717, 1.165) is 11.1 Å². The third-order valence-electron chi connectivity index (χ3n) is 5.17. The van der Waals surface area contributed by atoms with Crippen molar-refractivity contribution in [3.63, 3.8) is 0 Å². The van der Waals surface area contributed by atoms with Crippen LogP contribution in [0.25, 0.3) is 0 Å². The van der Waals surface area contributed by atoms with Gasteiger partial charge in [0.2, 0.25) is 0 Å². The van der Waals surface area contributed by atoms with Crippen molar-refractivity contribution in [3.8, 4) is 0 Å². The lowest BCUT2D eigenvalue weighted by Gasteiger charge is -2.26. The van der Waals surface area contributed by atoms with Crippen molar-refractivity contribution in [2.75, 3.05) is 0 Å². The molecule has 1 fully saturated rings. The van der Waals surface area contributed by atoms with E-state index in [2.05, 4.69) is 22.4 Å². The lowest BCUT2D eigenvalue weighted by atomic mass is 9.85. The number of rotatable bonds is 1. The summed E-state index contributed by atoms with van der Waals surface area (Å²) in [4.78, 5) is 4.67. The summed E-state index contributed by atoms with van der Waals surface area (Å²) in [5.41, 5.74) is 2.16. The van der Waals surface area contributed by atoms with Crippen LogP contribution in [0.4, 0.5) is 0 Å². The minimum Gasteiger partial charge on any atom is -0.303 e. The average Bonchev–Trinajstić information content (AvgIpc) is 2.93. The van der Waals surface area contributed by atoms with Crippen molar-refractivity contribution in [3.05, 3.63) is 59.4 Å². The number of benzene rings is 1. The van der Waals surface area contributed by atoms with E-state index in [4.69, 9.17) is 0 Å². The summed E-state index contributed by atoms with van der Waals surface area (Å²) in [6.45, 7) is 5.76. The summed E-state index contributed by atoms with van der Waals surface area (Å²) in [7, 11) is -3.39. The van der Waals surface area contributed by atoms with E-state index in [-0.39, 0.29) is 12.0 Å². The number of nitrogens with zero attached hydrogens (tertiary/aromatic N) is 1. The molecule has 1 aromatic carbocycles. The standard InChI is InChI=1S/C18H20N2O2S/c1-11-16-13(9-10-19-11)14-15(12-7-5-4-6-8-12)20-18(2,3)17(14)23(16,21)22/h4-10,14-15,17,20H,1-3H3/t14-,15+,17?/m1/s1. The summed E-state index contributed by atoms with van der Waals surface area (Å²) < 4.78 is 26.4. The Labute approximate surface area is 136 Å². The first-order chi connectivity index (χ1) is 10.8. The molecule has 2 aliphatic rings. The molecule has 4 nitrogen and oxygen atoms in total. The highest BCUT2D eigenvalue weighted by molar-refractivity contribution is 7.92. The second-order valence-electron chi connectivity index (χ2n) is 7.06. The molecule has 4 rings (SSSR count). The van der Waals surface area contributed by atoms with E-state index in [1.54, 1.807) is 13.1 Å². The fourth-order valence-electron chi connectivity index (χ4n) is 4.40. The topological polar surface area (TPSA) is 59.1 Å². The summed E-state index contributed by atoms with van der Waals surface area (Å²) in [6, 6.07) is 12.0. The van der Waals surface area contributed by atoms with E-state index in [1.165, 1.54) is 0 Å². The Kier molecular flexibility index (Phi) is 3.00. The summed E-state index contributed by atoms with van der Waals surface area (Å²) >= 11 is 0. The van der Waals surface area contributed by atoms with Crippen molar-refractivity contribution < 1.29 is 8.42 Å². The van der Waals surface area contributed by atoms with Crippen LogP contribution in [0.3, 0.4) is 0 Å². The quantitative estimate of drug-likeness (QED) is 0.874. The number of hydrogen-bond donors (Lipinski definition) is 1. The van der Waals surface area contributed by atoms with Crippen LogP contribution in [0.1, 0.15) is 42.6 Å². The normalized spacial score (nSPS) is 30.0. The van der Waals surface area contributed by atoms with Crippen molar-refractivity contribution in [1.82, 2.24) is 10.3 Å². The molecule has 0 spiro atoms. The fourth-order valence-corrected chi connectivity index (χ4v) is 7.19. The molecule has 2 aromatic rings. The molecule has 0 radical (unpaired) electrons. The van der Waals surface area contributed by atoms with Gasteiger partial charge >= 0.3 is 0 Å². The predicted molar refractivity (Wildman–Crippen MR) is 89.1 cm³/mol. The van der Waals surface area contributed by atoms with Crippen molar-refractivity contribution >= 4 is 9.84 Å². The van der Waals surface area contributed by atoms with Crippen molar-refractivity contribution in [2.24, 2.45) is 0 Å². The lowest BCUT2D eigenvalue weighted by Crippen LogP contribution is -2.45. The van der Waals surface area contributed by atoms with Gasteiger partial charge in [0.1, 0.15) is 0 Å². The number of pyridine rings is 1. The van der Waals surface area contributed by atoms with Gasteiger partial charge in [-0.1, -0.05) is 30.3 Å². The van der Waals surface area contributed by atoms with Crippen LogP contribution < -0.4 is 5.32 Å². The Hall–Kier alpha value is -1.72. The van der Waals surface area contributed by atoms with Crippen LogP contribution in [0, 0.1) is 6.92 Å². The molecule has 1 aromatic heterocycles. The minimum atomic E-state index is -3.39. The molecular weight excluding hydrogens is 308 g/mol. The Morgan fingerprint density at radius 2 is 1.83 bits per heavy atom. The molecule has 0 aliphatic carbocycles. The summed E-state index contributed by atoms with van der Waals surface area (Å²) in [6.07, 6.45) is 1.72. The Balaban J connectivity index is 1.97. The van der Waals surface area contributed by atoms with Crippen molar-refractivity contribution in [2.45, 2.75) is 48.4 Å². The van der Waals surface area contributed by atoms with Gasteiger partial charge in [-0.05, 0) is 38.0 Å². The molecule has 0 bridgehead atoms. The SMILES string of the molecule is Cc1nccc2c1S(=O)(=O)C1[C@H]2[C@H](c2ccccc2)NC1(C)C. The maximum Gasteiger partial charge on any atom is 0.185 e. The number of hydrogen-bond acceptors (Lipinski definition) is 4. The monoisotopic (exact) mass is 328 g/mol. The first kappa shape index (κ1) is 14.8. The number of sulfone groups is 1. The zero-order chi connectivity index (χ0) is 16.4. The van der Waals surface area contributed by atoms with Gasteiger partial charge in [-0.25, -0.2) is 8.42 Å². The van der Waals surface area contributed by atoms with Gasteiger partial charge in [0.15, 0.2) is 9.84 Å². The second kappa shape index (κ2) is 4.65. The molecule has 2 aliphatic heterocycles. The first-order valence-electron chi connectivity index (χ1n) is 7.86. The molecule has 1 unspecified atom stereocenters. The van der Waals surface area contributed by atoms with E-state index >= 15 is 0 Å². The van der Waals surface area contributed by atoms with E-state index in [9.17, 15) is 8.42 Å². The van der Waals surface area contributed by atoms with Gasteiger partial charge < -0.3 is 5.32 Å². The molecule has 1 N–H and O–H groups in total. The first-order valence-corrected chi connectivity index (χ1v) is 9.41. The van der Waals surface area contributed by atoms with E-state index in [1.807, 2.05) is 38.1 Å². The third-order valence-corrected chi connectivity index (χ3v) is 7.83. The highest BCUT2D eigenvalue weighted by Gasteiger charge is 2.60. The Morgan fingerprint density at radius 3 is 2.52 bits per heavy atom. The highest BCUT2D eigenvalue weighted by atomic mass is 32.2. The third kappa shape index (κ3) is 1.93.